The molecule has 13 heteroatoms. The summed E-state index contributed by atoms with van der Waals surface area (Å²) < 4.78 is 10.9. The van der Waals surface area contributed by atoms with E-state index in [1.54, 1.807) is 20.8 Å². The van der Waals surface area contributed by atoms with Gasteiger partial charge in [-0.25, -0.2) is 9.78 Å². The summed E-state index contributed by atoms with van der Waals surface area (Å²) in [5.74, 6) is -5.49. The van der Waals surface area contributed by atoms with Crippen molar-refractivity contribution in [3.63, 3.8) is 0 Å². The van der Waals surface area contributed by atoms with Crippen LogP contribution in [0, 0.1) is 20.8 Å². The van der Waals surface area contributed by atoms with Crippen molar-refractivity contribution >= 4 is 28.8 Å². The number of aryl methyl sites for hydroxylation is 3. The first-order chi connectivity index (χ1) is 18.8. The lowest BCUT2D eigenvalue weighted by Crippen LogP contribution is -2.45. The van der Waals surface area contributed by atoms with E-state index in [2.05, 4.69) is 15.3 Å². The molecular weight excluding hydrogens is 526 g/mol. The van der Waals surface area contributed by atoms with Gasteiger partial charge in [0.15, 0.2) is 16.9 Å². The van der Waals surface area contributed by atoms with E-state index in [0.29, 0.717) is 22.6 Å². The lowest BCUT2D eigenvalue weighted by molar-refractivity contribution is -0.144. The van der Waals surface area contributed by atoms with Gasteiger partial charge in [0.05, 0.1) is 23.5 Å². The number of aromatic nitrogens is 2. The Balaban J connectivity index is 1.54. The fraction of sp³-hybridized carbons (Fsp3) is 0.185. The quantitative estimate of drug-likeness (QED) is 0.128. The van der Waals surface area contributed by atoms with Gasteiger partial charge in [-0.05, 0) is 45.0 Å². The number of carbonyl (C=O) groups excluding carboxylic acids is 2. The number of rotatable bonds is 7. The number of phenols is 3. The van der Waals surface area contributed by atoms with Gasteiger partial charge in [-0.2, -0.15) is 0 Å². The van der Waals surface area contributed by atoms with Crippen LogP contribution in [0.15, 0.2) is 45.6 Å². The molecule has 0 aliphatic heterocycles. The third-order valence-electron chi connectivity index (χ3n) is 5.97. The molecule has 0 aliphatic carbocycles. The first-order valence-electron chi connectivity index (χ1n) is 11.7. The van der Waals surface area contributed by atoms with Crippen molar-refractivity contribution in [2.75, 3.05) is 0 Å². The van der Waals surface area contributed by atoms with Crippen molar-refractivity contribution in [3.05, 3.63) is 69.4 Å². The Morgan fingerprint density at radius 3 is 2.25 bits per heavy atom. The van der Waals surface area contributed by atoms with Gasteiger partial charge in [0.1, 0.15) is 34.2 Å². The number of nitrogens with zero attached hydrogens (tertiary/aromatic N) is 2. The number of esters is 1. The molecule has 0 bridgehead atoms. The molecular formula is C27H23N3O10. The third-order valence-corrected chi connectivity index (χ3v) is 5.97. The second-order valence-electron chi connectivity index (χ2n) is 8.84. The number of ether oxygens (including phenoxy) is 1. The minimum Gasteiger partial charge on any atom is -0.504 e. The number of phenolic OH excluding ortho intramolecular Hbond substituents is 3. The monoisotopic (exact) mass is 549 g/mol. The Kier molecular flexibility index (Phi) is 7.39. The summed E-state index contributed by atoms with van der Waals surface area (Å²) in [4.78, 5) is 57.8. The fourth-order valence-corrected chi connectivity index (χ4v) is 3.82. The van der Waals surface area contributed by atoms with Gasteiger partial charge in [0, 0.05) is 17.7 Å². The number of benzene rings is 2. The molecule has 0 aliphatic rings. The van der Waals surface area contributed by atoms with Crippen LogP contribution in [0.5, 0.6) is 23.0 Å². The summed E-state index contributed by atoms with van der Waals surface area (Å²) in [6.45, 7) is 4.95. The summed E-state index contributed by atoms with van der Waals surface area (Å²) in [6, 6.07) is 6.08. The molecule has 2 aromatic heterocycles. The molecule has 13 nitrogen and oxygen atoms in total. The summed E-state index contributed by atoms with van der Waals surface area (Å²) in [5.41, 5.74) is 0.868. The standard InChI is InChI=1S/C27H23N3O10/c1-11-12(2)29-23(13(3)28-11)26(37)30-16(8-21(33)34)27(38)39-15-6-4-14(5-7-15)19-9-17(31)22-20(40-19)10-18(32)24(35)25(22)36/h4-7,9-10,16,32,35-36H,8H2,1-3H3,(H,30,37)(H,33,34)/t16-/m1/s1. The Labute approximate surface area is 225 Å². The van der Waals surface area contributed by atoms with Gasteiger partial charge in [0.25, 0.3) is 5.91 Å². The fourth-order valence-electron chi connectivity index (χ4n) is 3.82. The molecule has 206 valence electrons. The molecule has 4 rings (SSSR count). The number of carboxylic acids is 1. The lowest BCUT2D eigenvalue weighted by Gasteiger charge is -2.17. The minimum atomic E-state index is -1.54. The molecule has 0 unspecified atom stereocenters. The Hall–Kier alpha value is -5.46. The molecule has 4 aromatic rings. The molecule has 0 saturated heterocycles. The molecule has 1 atom stereocenters. The molecule has 0 spiro atoms. The highest BCUT2D eigenvalue weighted by Gasteiger charge is 2.28. The largest absolute Gasteiger partial charge is 0.504 e. The number of hydrogen-bond acceptors (Lipinski definition) is 11. The lowest BCUT2D eigenvalue weighted by atomic mass is 10.1. The zero-order valence-electron chi connectivity index (χ0n) is 21.4. The number of aliphatic carboxylic acids is 1. The predicted octanol–water partition coefficient (Wildman–Crippen LogP) is 2.47. The van der Waals surface area contributed by atoms with Crippen LogP contribution in [0.1, 0.15) is 34.0 Å². The highest BCUT2D eigenvalue weighted by atomic mass is 16.5. The molecule has 0 radical (unpaired) electrons. The molecule has 1 amide bonds. The van der Waals surface area contributed by atoms with Crippen LogP contribution < -0.4 is 15.5 Å². The van der Waals surface area contributed by atoms with Crippen molar-refractivity contribution in [1.29, 1.82) is 0 Å². The zero-order chi connectivity index (χ0) is 29.3. The average Bonchev–Trinajstić information content (AvgIpc) is 2.88. The van der Waals surface area contributed by atoms with Crippen LogP contribution in [0.4, 0.5) is 0 Å². The topological polar surface area (TPSA) is 209 Å². The van der Waals surface area contributed by atoms with E-state index < -0.39 is 53.0 Å². The number of fused-ring (bicyclic) bond motifs is 1. The number of carbonyl (C=O) groups is 3. The maximum Gasteiger partial charge on any atom is 0.334 e. The van der Waals surface area contributed by atoms with Crippen molar-refractivity contribution in [2.24, 2.45) is 0 Å². The molecule has 0 saturated carbocycles. The highest BCUT2D eigenvalue weighted by Crippen LogP contribution is 2.40. The number of carboxylic acid groups (broad SMARTS) is 1. The van der Waals surface area contributed by atoms with E-state index in [9.17, 15) is 39.6 Å². The minimum absolute atomic E-state index is 0.00360. The summed E-state index contributed by atoms with van der Waals surface area (Å²) in [7, 11) is 0. The molecule has 2 aromatic carbocycles. The maximum absolute atomic E-state index is 12.8. The molecule has 5 N–H and O–H groups in total. The average molecular weight is 549 g/mol. The normalized spacial score (nSPS) is 11.7. The van der Waals surface area contributed by atoms with Gasteiger partial charge in [-0.15, -0.1) is 0 Å². The summed E-state index contributed by atoms with van der Waals surface area (Å²) in [6.07, 6.45) is -0.753. The molecule has 2 heterocycles. The summed E-state index contributed by atoms with van der Waals surface area (Å²) in [5, 5.41) is 40.6. The Morgan fingerprint density at radius 1 is 0.950 bits per heavy atom. The first-order valence-corrected chi connectivity index (χ1v) is 11.7. The summed E-state index contributed by atoms with van der Waals surface area (Å²) >= 11 is 0. The number of hydrogen-bond donors (Lipinski definition) is 5. The third kappa shape index (κ3) is 5.53. The zero-order valence-corrected chi connectivity index (χ0v) is 21.4. The van der Waals surface area contributed by atoms with Crippen LogP contribution in [-0.2, 0) is 9.59 Å². The van der Waals surface area contributed by atoms with Crippen LogP contribution in [0.25, 0.3) is 22.3 Å². The number of aromatic hydroxyl groups is 3. The second-order valence-corrected chi connectivity index (χ2v) is 8.84. The Bertz CT molecular complexity index is 1730. The van der Waals surface area contributed by atoms with Crippen molar-refractivity contribution in [2.45, 2.75) is 33.2 Å². The maximum atomic E-state index is 12.8. The van der Waals surface area contributed by atoms with Gasteiger partial charge in [-0.3, -0.25) is 19.4 Å². The van der Waals surface area contributed by atoms with E-state index in [1.807, 2.05) is 0 Å². The first kappa shape index (κ1) is 27.6. The van der Waals surface area contributed by atoms with Gasteiger partial charge >= 0.3 is 11.9 Å². The van der Waals surface area contributed by atoms with Crippen LogP contribution >= 0.6 is 0 Å². The van der Waals surface area contributed by atoms with E-state index in [1.165, 1.54) is 24.3 Å². The van der Waals surface area contributed by atoms with Gasteiger partial charge in [0.2, 0.25) is 5.75 Å². The van der Waals surface area contributed by atoms with Crippen molar-refractivity contribution < 1.29 is 44.0 Å². The van der Waals surface area contributed by atoms with Gasteiger partial charge in [-0.1, -0.05) is 0 Å². The second kappa shape index (κ2) is 10.7. The predicted molar refractivity (Wildman–Crippen MR) is 138 cm³/mol. The van der Waals surface area contributed by atoms with Gasteiger partial charge < -0.3 is 34.9 Å². The van der Waals surface area contributed by atoms with Crippen molar-refractivity contribution in [1.82, 2.24) is 15.3 Å². The van der Waals surface area contributed by atoms with Crippen LogP contribution in [-0.4, -0.2) is 54.3 Å². The molecule has 0 fully saturated rings. The van der Waals surface area contributed by atoms with Crippen LogP contribution in [0.3, 0.4) is 0 Å². The van der Waals surface area contributed by atoms with Crippen LogP contribution in [0.2, 0.25) is 0 Å². The number of nitrogens with one attached hydrogen (secondary N) is 1. The van der Waals surface area contributed by atoms with E-state index >= 15 is 0 Å². The van der Waals surface area contributed by atoms with E-state index in [0.717, 1.165) is 12.1 Å². The van der Waals surface area contributed by atoms with Crippen molar-refractivity contribution in [3.8, 4) is 34.3 Å². The number of amides is 1. The van der Waals surface area contributed by atoms with E-state index in [-0.39, 0.29) is 28.2 Å². The molecule has 40 heavy (non-hydrogen) atoms. The Morgan fingerprint density at radius 2 is 1.60 bits per heavy atom. The smallest absolute Gasteiger partial charge is 0.334 e. The highest BCUT2D eigenvalue weighted by molar-refractivity contribution is 5.97. The van der Waals surface area contributed by atoms with E-state index in [4.69, 9.17) is 9.15 Å². The SMILES string of the molecule is Cc1nc(C)c(C(=O)N[C@H](CC(=O)O)C(=O)Oc2ccc(-c3cc(=O)c4c(O)c(O)c(O)cc4o3)cc2)nc1C.